The number of benzene rings is 1. The number of amides is 2. The van der Waals surface area contributed by atoms with Gasteiger partial charge < -0.3 is 20.7 Å². The third-order valence-corrected chi connectivity index (χ3v) is 4.25. The Morgan fingerprint density at radius 3 is 2.54 bits per heavy atom. The number of ether oxygens (including phenoxy) is 1. The number of nitrogens with two attached hydrogens (primary N) is 1. The third kappa shape index (κ3) is 7.93. The van der Waals surface area contributed by atoms with E-state index < -0.39 is 24.4 Å². The molecule has 28 heavy (non-hydrogen) atoms. The van der Waals surface area contributed by atoms with E-state index in [9.17, 15) is 22.8 Å². The molecule has 0 bridgehead atoms. The zero-order chi connectivity index (χ0) is 19.9. The smallest absolute Gasteiger partial charge is 0.267 e. The standard InChI is InChI=1S/C18H24F3N3O3.ClH/c19-13-4-6-14(7-5-13)27-11-16(25)23-9-2-1-3-15(22)17(26)24-10-8-18(20,21)12-24;/h4-7,15H,1-3,8-12,22H2,(H,23,25);1H. The summed E-state index contributed by atoms with van der Waals surface area (Å²) >= 11 is 0. The first-order valence-corrected chi connectivity index (χ1v) is 8.84. The molecule has 0 aromatic heterocycles. The summed E-state index contributed by atoms with van der Waals surface area (Å²) in [6, 6.07) is 4.52. The molecule has 0 radical (unpaired) electrons. The molecule has 1 heterocycles. The van der Waals surface area contributed by atoms with E-state index in [0.717, 1.165) is 4.90 Å². The van der Waals surface area contributed by atoms with E-state index >= 15 is 0 Å². The van der Waals surface area contributed by atoms with Crippen molar-refractivity contribution in [1.82, 2.24) is 10.2 Å². The first-order chi connectivity index (χ1) is 12.8. The predicted octanol–water partition coefficient (Wildman–Crippen LogP) is 2.11. The Hall–Kier alpha value is -2.00. The van der Waals surface area contributed by atoms with E-state index in [1.165, 1.54) is 24.3 Å². The molecule has 158 valence electrons. The summed E-state index contributed by atoms with van der Waals surface area (Å²) in [6.45, 7) is -0.339. The Balaban J connectivity index is 0.00000392. The van der Waals surface area contributed by atoms with E-state index in [1.54, 1.807) is 0 Å². The van der Waals surface area contributed by atoms with Gasteiger partial charge in [0.2, 0.25) is 5.91 Å². The molecular formula is C18H25ClF3N3O3. The lowest BCUT2D eigenvalue weighted by Crippen LogP contribution is -2.43. The summed E-state index contributed by atoms with van der Waals surface area (Å²) in [4.78, 5) is 24.8. The average molecular weight is 424 g/mol. The van der Waals surface area contributed by atoms with Gasteiger partial charge in [-0.05, 0) is 43.5 Å². The predicted molar refractivity (Wildman–Crippen MR) is 100 cm³/mol. The number of likely N-dealkylation sites (tertiary alicyclic amines) is 1. The van der Waals surface area contributed by atoms with Crippen molar-refractivity contribution < 1.29 is 27.5 Å². The largest absolute Gasteiger partial charge is 0.484 e. The number of hydrogen-bond donors (Lipinski definition) is 2. The molecule has 2 amide bonds. The van der Waals surface area contributed by atoms with Gasteiger partial charge in [0, 0.05) is 19.5 Å². The number of halogens is 4. The highest BCUT2D eigenvalue weighted by Crippen LogP contribution is 2.27. The molecule has 3 N–H and O–H groups in total. The average Bonchev–Trinajstić information content (AvgIpc) is 3.00. The van der Waals surface area contributed by atoms with Crippen LogP contribution in [0.3, 0.4) is 0 Å². The second kappa shape index (κ2) is 11.1. The fourth-order valence-electron chi connectivity index (χ4n) is 2.73. The Morgan fingerprint density at radius 2 is 1.93 bits per heavy atom. The number of carbonyl (C=O) groups is 2. The third-order valence-electron chi connectivity index (χ3n) is 4.25. The van der Waals surface area contributed by atoms with E-state index in [0.29, 0.717) is 31.6 Å². The first kappa shape index (κ1) is 24.0. The summed E-state index contributed by atoms with van der Waals surface area (Å²) in [5.74, 6) is -3.59. The Morgan fingerprint density at radius 1 is 1.25 bits per heavy atom. The Kier molecular flexibility index (Phi) is 9.54. The van der Waals surface area contributed by atoms with Crippen LogP contribution >= 0.6 is 12.4 Å². The van der Waals surface area contributed by atoms with E-state index in [4.69, 9.17) is 10.5 Å². The minimum atomic E-state index is -2.82. The number of nitrogens with one attached hydrogen (secondary N) is 1. The summed E-state index contributed by atoms with van der Waals surface area (Å²) in [5.41, 5.74) is 5.78. The zero-order valence-corrected chi connectivity index (χ0v) is 16.2. The van der Waals surface area contributed by atoms with E-state index in [2.05, 4.69) is 5.32 Å². The molecule has 1 aromatic rings. The van der Waals surface area contributed by atoms with Crippen molar-refractivity contribution in [2.45, 2.75) is 37.6 Å². The van der Waals surface area contributed by atoms with Gasteiger partial charge in [-0.25, -0.2) is 13.2 Å². The molecule has 0 aliphatic carbocycles. The van der Waals surface area contributed by atoms with Gasteiger partial charge in [-0.15, -0.1) is 12.4 Å². The van der Waals surface area contributed by atoms with Gasteiger partial charge in [0.15, 0.2) is 6.61 Å². The SMILES string of the molecule is Cl.NC(CCCCNC(=O)COc1ccc(F)cc1)C(=O)N1CCC(F)(F)C1. The molecule has 1 fully saturated rings. The second-order valence-corrected chi connectivity index (χ2v) is 6.56. The van der Waals surface area contributed by atoms with E-state index in [1.807, 2.05) is 0 Å². The lowest BCUT2D eigenvalue weighted by atomic mass is 10.1. The topological polar surface area (TPSA) is 84.7 Å². The lowest BCUT2D eigenvalue weighted by Gasteiger charge is -2.20. The molecule has 1 aliphatic heterocycles. The van der Waals surface area contributed by atoms with Crippen molar-refractivity contribution in [2.75, 3.05) is 26.2 Å². The van der Waals surface area contributed by atoms with Crippen LogP contribution < -0.4 is 15.8 Å². The van der Waals surface area contributed by atoms with Crippen molar-refractivity contribution in [1.29, 1.82) is 0 Å². The van der Waals surface area contributed by atoms with Crippen LogP contribution in [0.15, 0.2) is 24.3 Å². The normalized spacial score (nSPS) is 16.2. The molecular weight excluding hydrogens is 399 g/mol. The molecule has 1 saturated heterocycles. The van der Waals surface area contributed by atoms with Crippen LogP contribution in [0.5, 0.6) is 5.75 Å². The number of hydrogen-bond acceptors (Lipinski definition) is 4. The van der Waals surface area contributed by atoms with Crippen LogP contribution in [0.2, 0.25) is 0 Å². The zero-order valence-electron chi connectivity index (χ0n) is 15.3. The molecule has 0 saturated carbocycles. The number of alkyl halides is 2. The maximum atomic E-state index is 13.1. The van der Waals surface area contributed by atoms with Crippen LogP contribution in [0, 0.1) is 5.82 Å². The van der Waals surface area contributed by atoms with Gasteiger partial charge in [0.1, 0.15) is 11.6 Å². The van der Waals surface area contributed by atoms with Gasteiger partial charge in [-0.2, -0.15) is 0 Å². The first-order valence-electron chi connectivity index (χ1n) is 8.84. The van der Waals surface area contributed by atoms with Crippen LogP contribution in [-0.2, 0) is 9.59 Å². The molecule has 1 aromatic carbocycles. The van der Waals surface area contributed by atoms with Crippen molar-refractivity contribution in [3.63, 3.8) is 0 Å². The quantitative estimate of drug-likeness (QED) is 0.596. The number of carbonyl (C=O) groups excluding carboxylic acids is 2. The van der Waals surface area contributed by atoms with Crippen molar-refractivity contribution >= 4 is 24.2 Å². The number of nitrogens with zero attached hydrogens (tertiary/aromatic N) is 1. The maximum Gasteiger partial charge on any atom is 0.267 e. The van der Waals surface area contributed by atoms with Crippen LogP contribution in [0.1, 0.15) is 25.7 Å². The van der Waals surface area contributed by atoms with Crippen molar-refractivity contribution in [3.8, 4) is 5.75 Å². The fourth-order valence-corrected chi connectivity index (χ4v) is 2.73. The minimum absolute atomic E-state index is 0. The molecule has 0 spiro atoms. The monoisotopic (exact) mass is 423 g/mol. The highest BCUT2D eigenvalue weighted by atomic mass is 35.5. The summed E-state index contributed by atoms with van der Waals surface area (Å²) in [7, 11) is 0. The van der Waals surface area contributed by atoms with Crippen LogP contribution in [0.25, 0.3) is 0 Å². The highest BCUT2D eigenvalue weighted by molar-refractivity contribution is 5.85. The Bertz CT molecular complexity index is 647. The van der Waals surface area contributed by atoms with Crippen LogP contribution in [0.4, 0.5) is 13.2 Å². The van der Waals surface area contributed by atoms with E-state index in [-0.39, 0.29) is 43.7 Å². The molecule has 1 aliphatic rings. The lowest BCUT2D eigenvalue weighted by molar-refractivity contribution is -0.133. The van der Waals surface area contributed by atoms with Gasteiger partial charge >= 0.3 is 0 Å². The summed E-state index contributed by atoms with van der Waals surface area (Å²) < 4.78 is 44.2. The minimum Gasteiger partial charge on any atom is -0.484 e. The van der Waals surface area contributed by atoms with Gasteiger partial charge in [0.25, 0.3) is 11.8 Å². The number of unbranched alkanes of at least 4 members (excludes halogenated alkanes) is 1. The van der Waals surface area contributed by atoms with Gasteiger partial charge in [-0.3, -0.25) is 9.59 Å². The molecule has 2 rings (SSSR count). The number of rotatable bonds is 9. The maximum absolute atomic E-state index is 13.1. The van der Waals surface area contributed by atoms with Gasteiger partial charge in [0.05, 0.1) is 12.6 Å². The molecule has 1 unspecified atom stereocenters. The fraction of sp³-hybridized carbons (Fsp3) is 0.556. The molecule has 6 nitrogen and oxygen atoms in total. The molecule has 1 atom stereocenters. The highest BCUT2D eigenvalue weighted by Gasteiger charge is 2.41. The van der Waals surface area contributed by atoms with Crippen molar-refractivity contribution in [3.05, 3.63) is 30.1 Å². The summed E-state index contributed by atoms with van der Waals surface area (Å²) in [6.07, 6.45) is 1.22. The summed E-state index contributed by atoms with van der Waals surface area (Å²) in [5, 5.41) is 2.66. The van der Waals surface area contributed by atoms with Crippen molar-refractivity contribution in [2.24, 2.45) is 5.73 Å². The molecule has 10 heteroatoms. The second-order valence-electron chi connectivity index (χ2n) is 6.56. The van der Waals surface area contributed by atoms with Gasteiger partial charge in [-0.1, -0.05) is 0 Å². The Labute approximate surface area is 168 Å². The van der Waals surface area contributed by atoms with Crippen LogP contribution in [-0.4, -0.2) is 54.9 Å².